The standard InChI is InChI=1S/C16H21N3O2/c20-16-10-21-15-4-1-11(7-14(15)18-16)8-17-12-5-6-19(9-12)13-2-3-13/h1,4,7,12-13,17H,2-3,5-6,8-10H2,(H,18,20). The maximum absolute atomic E-state index is 11.4. The van der Waals surface area contributed by atoms with Gasteiger partial charge < -0.3 is 15.4 Å². The Morgan fingerprint density at radius 2 is 2.24 bits per heavy atom. The highest BCUT2D eigenvalue weighted by molar-refractivity contribution is 5.95. The Morgan fingerprint density at radius 1 is 1.33 bits per heavy atom. The van der Waals surface area contributed by atoms with Gasteiger partial charge in [-0.3, -0.25) is 9.69 Å². The summed E-state index contributed by atoms with van der Waals surface area (Å²) < 4.78 is 5.38. The number of benzene rings is 1. The van der Waals surface area contributed by atoms with Crippen molar-refractivity contribution < 1.29 is 9.53 Å². The Hall–Kier alpha value is -1.59. The molecule has 2 fully saturated rings. The number of nitrogens with one attached hydrogen (secondary N) is 2. The number of anilines is 1. The van der Waals surface area contributed by atoms with E-state index in [1.54, 1.807) is 0 Å². The predicted molar refractivity (Wildman–Crippen MR) is 80.4 cm³/mol. The molecular formula is C16H21N3O2. The summed E-state index contributed by atoms with van der Waals surface area (Å²) in [4.78, 5) is 14.0. The lowest BCUT2D eigenvalue weighted by Crippen LogP contribution is -2.33. The van der Waals surface area contributed by atoms with Crippen LogP contribution in [0.1, 0.15) is 24.8 Å². The molecule has 0 aromatic heterocycles. The van der Waals surface area contributed by atoms with E-state index in [9.17, 15) is 4.79 Å². The van der Waals surface area contributed by atoms with E-state index in [0.29, 0.717) is 6.04 Å². The Kier molecular flexibility index (Phi) is 3.31. The van der Waals surface area contributed by atoms with Crippen molar-refractivity contribution in [3.05, 3.63) is 23.8 Å². The van der Waals surface area contributed by atoms with Crippen LogP contribution in [0.25, 0.3) is 0 Å². The quantitative estimate of drug-likeness (QED) is 0.877. The van der Waals surface area contributed by atoms with E-state index >= 15 is 0 Å². The monoisotopic (exact) mass is 287 g/mol. The average molecular weight is 287 g/mol. The first-order valence-corrected chi connectivity index (χ1v) is 7.81. The average Bonchev–Trinajstić information content (AvgIpc) is 3.24. The number of amides is 1. The van der Waals surface area contributed by atoms with E-state index in [1.807, 2.05) is 12.1 Å². The lowest BCUT2D eigenvalue weighted by molar-refractivity contribution is -0.118. The van der Waals surface area contributed by atoms with Gasteiger partial charge in [0.05, 0.1) is 5.69 Å². The van der Waals surface area contributed by atoms with E-state index in [0.717, 1.165) is 24.0 Å². The first-order valence-electron chi connectivity index (χ1n) is 7.81. The molecule has 5 heteroatoms. The Labute approximate surface area is 124 Å². The van der Waals surface area contributed by atoms with E-state index < -0.39 is 0 Å². The zero-order valence-corrected chi connectivity index (χ0v) is 12.1. The van der Waals surface area contributed by atoms with Gasteiger partial charge in [-0.25, -0.2) is 0 Å². The van der Waals surface area contributed by atoms with E-state index in [-0.39, 0.29) is 12.5 Å². The van der Waals surface area contributed by atoms with Crippen LogP contribution in [-0.2, 0) is 11.3 Å². The zero-order chi connectivity index (χ0) is 14.2. The molecule has 3 aliphatic rings. The molecule has 1 aromatic carbocycles. The maximum Gasteiger partial charge on any atom is 0.262 e. The molecule has 5 nitrogen and oxygen atoms in total. The number of carbonyl (C=O) groups is 1. The second-order valence-corrected chi connectivity index (χ2v) is 6.26. The van der Waals surface area contributed by atoms with Gasteiger partial charge in [0.1, 0.15) is 5.75 Å². The second kappa shape index (κ2) is 5.31. The molecule has 1 unspecified atom stereocenters. The highest BCUT2D eigenvalue weighted by Gasteiger charge is 2.34. The van der Waals surface area contributed by atoms with Crippen molar-refractivity contribution in [3.63, 3.8) is 0 Å². The van der Waals surface area contributed by atoms with Crippen molar-refractivity contribution in [1.29, 1.82) is 0 Å². The summed E-state index contributed by atoms with van der Waals surface area (Å²) in [5.41, 5.74) is 1.97. The minimum atomic E-state index is -0.0801. The molecule has 1 amide bonds. The molecule has 1 aromatic rings. The summed E-state index contributed by atoms with van der Waals surface area (Å²) in [5.74, 6) is 0.683. The number of carbonyl (C=O) groups excluding carboxylic acids is 1. The number of likely N-dealkylation sites (tertiary alicyclic amines) is 1. The lowest BCUT2D eigenvalue weighted by atomic mass is 10.1. The van der Waals surface area contributed by atoms with Gasteiger partial charge in [-0.1, -0.05) is 6.07 Å². The number of hydrogen-bond acceptors (Lipinski definition) is 4. The fourth-order valence-corrected chi connectivity index (χ4v) is 3.23. The summed E-state index contributed by atoms with van der Waals surface area (Å²) in [7, 11) is 0. The SMILES string of the molecule is O=C1COc2ccc(CNC3CCN(C4CC4)C3)cc2N1. The fourth-order valence-electron chi connectivity index (χ4n) is 3.23. The molecule has 1 atom stereocenters. The molecule has 4 rings (SSSR count). The summed E-state index contributed by atoms with van der Waals surface area (Å²) in [5, 5.41) is 6.49. The molecule has 1 saturated heterocycles. The van der Waals surface area contributed by atoms with Gasteiger partial charge in [0.25, 0.3) is 5.91 Å². The van der Waals surface area contributed by atoms with Crippen LogP contribution in [0, 0.1) is 0 Å². The van der Waals surface area contributed by atoms with Crippen LogP contribution in [0.3, 0.4) is 0 Å². The van der Waals surface area contributed by atoms with Gasteiger partial charge in [0.2, 0.25) is 0 Å². The third kappa shape index (κ3) is 2.89. The van der Waals surface area contributed by atoms with Crippen molar-refractivity contribution in [1.82, 2.24) is 10.2 Å². The number of ether oxygens (including phenoxy) is 1. The summed E-state index contributed by atoms with van der Waals surface area (Å²) in [6, 6.07) is 7.47. The third-order valence-electron chi connectivity index (χ3n) is 4.55. The largest absolute Gasteiger partial charge is 0.482 e. The normalized spacial score (nSPS) is 25.3. The summed E-state index contributed by atoms with van der Waals surface area (Å²) in [6.07, 6.45) is 4.01. The second-order valence-electron chi connectivity index (χ2n) is 6.26. The van der Waals surface area contributed by atoms with Crippen LogP contribution in [0.15, 0.2) is 18.2 Å². The molecular weight excluding hydrogens is 266 g/mol. The zero-order valence-electron chi connectivity index (χ0n) is 12.1. The van der Waals surface area contributed by atoms with Crippen LogP contribution in [0.2, 0.25) is 0 Å². The van der Waals surface area contributed by atoms with Gasteiger partial charge in [-0.05, 0) is 37.0 Å². The highest BCUT2D eigenvalue weighted by Crippen LogP contribution is 2.30. The summed E-state index contributed by atoms with van der Waals surface area (Å²) >= 11 is 0. The molecule has 21 heavy (non-hydrogen) atoms. The van der Waals surface area contributed by atoms with Crippen molar-refractivity contribution in [2.75, 3.05) is 25.0 Å². The van der Waals surface area contributed by atoms with Crippen molar-refractivity contribution >= 4 is 11.6 Å². The van der Waals surface area contributed by atoms with Crippen molar-refractivity contribution in [3.8, 4) is 5.75 Å². The first kappa shape index (κ1) is 13.1. The third-order valence-corrected chi connectivity index (χ3v) is 4.55. The van der Waals surface area contributed by atoms with Crippen molar-refractivity contribution in [2.24, 2.45) is 0 Å². The van der Waals surface area contributed by atoms with Gasteiger partial charge in [0, 0.05) is 31.7 Å². The Morgan fingerprint density at radius 3 is 3.10 bits per heavy atom. The maximum atomic E-state index is 11.4. The smallest absolute Gasteiger partial charge is 0.262 e. The number of fused-ring (bicyclic) bond motifs is 1. The lowest BCUT2D eigenvalue weighted by Gasteiger charge is -2.19. The number of nitrogens with zero attached hydrogens (tertiary/aromatic N) is 1. The molecule has 2 aliphatic heterocycles. The topological polar surface area (TPSA) is 53.6 Å². The van der Waals surface area contributed by atoms with Gasteiger partial charge >= 0.3 is 0 Å². The van der Waals surface area contributed by atoms with Crippen LogP contribution in [0.5, 0.6) is 5.75 Å². The number of hydrogen-bond donors (Lipinski definition) is 2. The number of rotatable bonds is 4. The van der Waals surface area contributed by atoms with Gasteiger partial charge in [-0.2, -0.15) is 0 Å². The van der Waals surface area contributed by atoms with Crippen LogP contribution in [-0.4, -0.2) is 42.6 Å². The molecule has 112 valence electrons. The van der Waals surface area contributed by atoms with Gasteiger partial charge in [-0.15, -0.1) is 0 Å². The predicted octanol–water partition coefficient (Wildman–Crippen LogP) is 1.34. The minimum absolute atomic E-state index is 0.0801. The molecule has 1 saturated carbocycles. The van der Waals surface area contributed by atoms with E-state index in [1.165, 1.54) is 37.9 Å². The molecule has 2 N–H and O–H groups in total. The fraction of sp³-hybridized carbons (Fsp3) is 0.562. The van der Waals surface area contributed by atoms with E-state index in [4.69, 9.17) is 4.74 Å². The minimum Gasteiger partial charge on any atom is -0.482 e. The van der Waals surface area contributed by atoms with Crippen LogP contribution < -0.4 is 15.4 Å². The first-order chi connectivity index (χ1) is 10.3. The van der Waals surface area contributed by atoms with Gasteiger partial charge in [0.15, 0.2) is 6.61 Å². The van der Waals surface area contributed by atoms with Crippen molar-refractivity contribution in [2.45, 2.75) is 37.9 Å². The molecule has 0 radical (unpaired) electrons. The summed E-state index contributed by atoms with van der Waals surface area (Å²) in [6.45, 7) is 3.36. The van der Waals surface area contributed by atoms with E-state index in [2.05, 4.69) is 21.6 Å². The molecule has 0 spiro atoms. The molecule has 0 bridgehead atoms. The van der Waals surface area contributed by atoms with Crippen LogP contribution >= 0.6 is 0 Å². The molecule has 2 heterocycles. The Balaban J connectivity index is 1.34. The molecule has 1 aliphatic carbocycles. The highest BCUT2D eigenvalue weighted by atomic mass is 16.5. The Bertz CT molecular complexity index is 556. The van der Waals surface area contributed by atoms with Crippen LogP contribution in [0.4, 0.5) is 5.69 Å².